The Bertz CT molecular complexity index is 547. The van der Waals surface area contributed by atoms with E-state index in [0.29, 0.717) is 6.54 Å². The van der Waals surface area contributed by atoms with Gasteiger partial charge < -0.3 is 5.32 Å². The van der Waals surface area contributed by atoms with E-state index in [4.69, 9.17) is 0 Å². The fraction of sp³-hybridized carbons (Fsp3) is 0.143. The molecule has 0 amide bonds. The normalized spacial score (nSPS) is 10.7. The van der Waals surface area contributed by atoms with Gasteiger partial charge in [0.15, 0.2) is 0 Å². The standard InChI is InChI=1S/C14H12F3N/c1-18-8-9-5-6-10(13(17)7-9)14-11(15)3-2-4-12(14)16/h2-7,18H,8H2,1H3. The van der Waals surface area contributed by atoms with Crippen molar-refractivity contribution >= 4 is 0 Å². The minimum absolute atomic E-state index is 0.0644. The van der Waals surface area contributed by atoms with E-state index in [2.05, 4.69) is 5.32 Å². The second-order valence-electron chi connectivity index (χ2n) is 3.94. The van der Waals surface area contributed by atoms with E-state index in [-0.39, 0.29) is 11.1 Å². The highest BCUT2D eigenvalue weighted by Crippen LogP contribution is 2.28. The van der Waals surface area contributed by atoms with Crippen molar-refractivity contribution in [3.8, 4) is 11.1 Å². The molecule has 0 aliphatic carbocycles. The summed E-state index contributed by atoms with van der Waals surface area (Å²) in [5.74, 6) is -2.17. The molecule has 0 saturated carbocycles. The van der Waals surface area contributed by atoms with Crippen molar-refractivity contribution in [1.82, 2.24) is 5.32 Å². The maximum Gasteiger partial charge on any atom is 0.134 e. The number of hydrogen-bond acceptors (Lipinski definition) is 1. The molecule has 4 heteroatoms. The first-order valence-electron chi connectivity index (χ1n) is 5.51. The van der Waals surface area contributed by atoms with E-state index in [0.717, 1.165) is 17.7 Å². The summed E-state index contributed by atoms with van der Waals surface area (Å²) in [4.78, 5) is 0. The Morgan fingerprint density at radius 3 is 2.17 bits per heavy atom. The second-order valence-corrected chi connectivity index (χ2v) is 3.94. The molecule has 0 aromatic heterocycles. The van der Waals surface area contributed by atoms with Gasteiger partial charge in [0.05, 0.1) is 5.56 Å². The third-order valence-corrected chi connectivity index (χ3v) is 2.65. The molecule has 1 N–H and O–H groups in total. The summed E-state index contributed by atoms with van der Waals surface area (Å²) in [5.41, 5.74) is 0.326. The summed E-state index contributed by atoms with van der Waals surface area (Å²) in [6, 6.07) is 7.78. The third kappa shape index (κ3) is 2.38. The van der Waals surface area contributed by atoms with E-state index >= 15 is 0 Å². The molecule has 2 aromatic rings. The van der Waals surface area contributed by atoms with Gasteiger partial charge in [-0.05, 0) is 30.8 Å². The summed E-state index contributed by atoms with van der Waals surface area (Å²) in [7, 11) is 1.74. The molecular formula is C14H12F3N. The molecule has 0 aliphatic rings. The number of nitrogens with one attached hydrogen (secondary N) is 1. The molecule has 0 aliphatic heterocycles. The van der Waals surface area contributed by atoms with Gasteiger partial charge in [-0.15, -0.1) is 0 Å². The molecule has 2 aromatic carbocycles. The van der Waals surface area contributed by atoms with Gasteiger partial charge in [0.2, 0.25) is 0 Å². The molecule has 0 bridgehead atoms. The highest BCUT2D eigenvalue weighted by atomic mass is 19.1. The summed E-state index contributed by atoms with van der Waals surface area (Å²) in [6.07, 6.45) is 0. The predicted molar refractivity (Wildman–Crippen MR) is 64.5 cm³/mol. The van der Waals surface area contributed by atoms with Gasteiger partial charge >= 0.3 is 0 Å². The lowest BCUT2D eigenvalue weighted by molar-refractivity contribution is 0.581. The van der Waals surface area contributed by atoms with Gasteiger partial charge in [-0.3, -0.25) is 0 Å². The van der Waals surface area contributed by atoms with Crippen molar-refractivity contribution in [2.24, 2.45) is 0 Å². The number of rotatable bonds is 3. The van der Waals surface area contributed by atoms with Gasteiger partial charge in [0, 0.05) is 12.1 Å². The molecule has 0 atom stereocenters. The lowest BCUT2D eigenvalue weighted by Gasteiger charge is -2.08. The maximum absolute atomic E-state index is 13.9. The molecule has 18 heavy (non-hydrogen) atoms. The van der Waals surface area contributed by atoms with Crippen LogP contribution in [0.1, 0.15) is 5.56 Å². The maximum atomic E-state index is 13.9. The van der Waals surface area contributed by atoms with Crippen molar-refractivity contribution in [1.29, 1.82) is 0 Å². The highest BCUT2D eigenvalue weighted by Gasteiger charge is 2.14. The van der Waals surface area contributed by atoms with Gasteiger partial charge in [-0.1, -0.05) is 18.2 Å². The van der Waals surface area contributed by atoms with Crippen LogP contribution in [0.25, 0.3) is 11.1 Å². The summed E-state index contributed by atoms with van der Waals surface area (Å²) < 4.78 is 40.9. The predicted octanol–water partition coefficient (Wildman–Crippen LogP) is 3.49. The molecule has 2 rings (SSSR count). The Labute approximate surface area is 103 Å². The zero-order valence-electron chi connectivity index (χ0n) is 9.81. The van der Waals surface area contributed by atoms with Crippen molar-refractivity contribution in [2.75, 3.05) is 7.05 Å². The van der Waals surface area contributed by atoms with E-state index in [1.807, 2.05) is 0 Å². The van der Waals surface area contributed by atoms with Gasteiger partial charge in [0.1, 0.15) is 17.5 Å². The molecule has 0 spiro atoms. The number of benzene rings is 2. The van der Waals surface area contributed by atoms with Crippen molar-refractivity contribution in [3.63, 3.8) is 0 Å². The topological polar surface area (TPSA) is 12.0 Å². The fourth-order valence-corrected chi connectivity index (χ4v) is 1.83. The molecular weight excluding hydrogens is 239 g/mol. The van der Waals surface area contributed by atoms with Crippen LogP contribution in [0.5, 0.6) is 0 Å². The van der Waals surface area contributed by atoms with Crippen molar-refractivity contribution in [3.05, 3.63) is 59.4 Å². The SMILES string of the molecule is CNCc1ccc(-c2c(F)cccc2F)c(F)c1. The number of hydrogen-bond donors (Lipinski definition) is 1. The molecule has 0 radical (unpaired) electrons. The first-order valence-corrected chi connectivity index (χ1v) is 5.51. The van der Waals surface area contributed by atoms with Crippen LogP contribution in [0, 0.1) is 17.5 Å². The highest BCUT2D eigenvalue weighted by molar-refractivity contribution is 5.65. The molecule has 1 nitrogen and oxygen atoms in total. The van der Waals surface area contributed by atoms with Gasteiger partial charge in [0.25, 0.3) is 0 Å². The van der Waals surface area contributed by atoms with Crippen LogP contribution in [0.3, 0.4) is 0 Å². The van der Waals surface area contributed by atoms with Crippen LogP contribution in [0.15, 0.2) is 36.4 Å². The van der Waals surface area contributed by atoms with Crippen LogP contribution in [0.4, 0.5) is 13.2 Å². The van der Waals surface area contributed by atoms with E-state index in [1.165, 1.54) is 18.2 Å². The Morgan fingerprint density at radius 1 is 0.944 bits per heavy atom. The molecule has 0 fully saturated rings. The minimum atomic E-state index is -0.768. The van der Waals surface area contributed by atoms with Crippen LogP contribution in [0.2, 0.25) is 0 Å². The average molecular weight is 251 g/mol. The largest absolute Gasteiger partial charge is 0.316 e. The summed E-state index contributed by atoms with van der Waals surface area (Å²) in [5, 5.41) is 2.88. The second kappa shape index (κ2) is 5.23. The quantitative estimate of drug-likeness (QED) is 0.880. The lowest BCUT2D eigenvalue weighted by Crippen LogP contribution is -2.05. The minimum Gasteiger partial charge on any atom is -0.316 e. The van der Waals surface area contributed by atoms with E-state index in [1.54, 1.807) is 13.1 Å². The fourth-order valence-electron chi connectivity index (χ4n) is 1.83. The molecule has 0 unspecified atom stereocenters. The molecule has 94 valence electrons. The van der Waals surface area contributed by atoms with Crippen LogP contribution >= 0.6 is 0 Å². The smallest absolute Gasteiger partial charge is 0.134 e. The first kappa shape index (κ1) is 12.6. The molecule has 0 saturated heterocycles. The Kier molecular flexibility index (Phi) is 3.67. The Balaban J connectivity index is 2.51. The summed E-state index contributed by atoms with van der Waals surface area (Å²) >= 11 is 0. The van der Waals surface area contributed by atoms with Crippen LogP contribution in [-0.2, 0) is 6.54 Å². The third-order valence-electron chi connectivity index (χ3n) is 2.65. The zero-order chi connectivity index (χ0) is 13.1. The van der Waals surface area contributed by atoms with Crippen molar-refractivity contribution < 1.29 is 13.2 Å². The number of halogens is 3. The van der Waals surface area contributed by atoms with Crippen LogP contribution in [-0.4, -0.2) is 7.05 Å². The van der Waals surface area contributed by atoms with E-state index < -0.39 is 17.5 Å². The van der Waals surface area contributed by atoms with Crippen LogP contribution < -0.4 is 5.32 Å². The first-order chi connectivity index (χ1) is 8.63. The zero-order valence-corrected chi connectivity index (χ0v) is 9.81. The van der Waals surface area contributed by atoms with Gasteiger partial charge in [-0.2, -0.15) is 0 Å². The van der Waals surface area contributed by atoms with Gasteiger partial charge in [-0.25, -0.2) is 13.2 Å². The Morgan fingerprint density at radius 2 is 1.61 bits per heavy atom. The average Bonchev–Trinajstić information content (AvgIpc) is 2.32. The monoisotopic (exact) mass is 251 g/mol. The van der Waals surface area contributed by atoms with Crippen molar-refractivity contribution in [2.45, 2.75) is 6.54 Å². The molecule has 0 heterocycles. The van der Waals surface area contributed by atoms with E-state index in [9.17, 15) is 13.2 Å². The summed E-state index contributed by atoms with van der Waals surface area (Å²) in [6.45, 7) is 0.497. The lowest BCUT2D eigenvalue weighted by atomic mass is 10.0. The Hall–Kier alpha value is -1.81.